The minimum Gasteiger partial charge on any atom is -0.508 e. The Morgan fingerprint density at radius 3 is 1.42 bits per heavy atom. The van der Waals surface area contributed by atoms with Crippen LogP contribution in [0.3, 0.4) is 0 Å². The van der Waals surface area contributed by atoms with Crippen LogP contribution in [0.25, 0.3) is 0 Å². The van der Waals surface area contributed by atoms with E-state index in [4.69, 9.17) is 5.11 Å². The van der Waals surface area contributed by atoms with Crippen LogP contribution in [0, 0.1) is 0 Å². The van der Waals surface area contributed by atoms with Gasteiger partial charge in [0.15, 0.2) is 6.61 Å². The molecule has 4 nitrogen and oxygen atoms in total. The third-order valence-electron chi connectivity index (χ3n) is 3.23. The van der Waals surface area contributed by atoms with Gasteiger partial charge in [0.1, 0.15) is 11.5 Å². The lowest BCUT2D eigenvalue weighted by atomic mass is 10.1. The number of ether oxygens (including phenoxy) is 3. The van der Waals surface area contributed by atoms with E-state index in [1.807, 2.05) is 0 Å². The van der Waals surface area contributed by atoms with E-state index < -0.39 is 60.6 Å². The second-order valence-electron chi connectivity index (χ2n) is 5.82. The maximum absolute atomic E-state index is 13.4. The highest BCUT2D eigenvalue weighted by atomic mass is 19.4. The van der Waals surface area contributed by atoms with Crippen molar-refractivity contribution in [3.8, 4) is 11.5 Å². The molecule has 0 aromatic heterocycles. The third kappa shape index (κ3) is 5.98. The first-order chi connectivity index (χ1) is 14.4. The summed E-state index contributed by atoms with van der Waals surface area (Å²) in [6.07, 6.45) is -35.1. The summed E-state index contributed by atoms with van der Waals surface area (Å²) in [5, 5.41) is 8.92. The van der Waals surface area contributed by atoms with Crippen molar-refractivity contribution in [3.05, 3.63) is 24.3 Å². The van der Waals surface area contributed by atoms with Crippen LogP contribution in [0.1, 0.15) is 0 Å². The number of phenolic OH excluding ortho intramolecular Hbond substituents is 1. The summed E-state index contributed by atoms with van der Waals surface area (Å²) in [4.78, 5) is 0. The average Bonchev–Trinajstić information content (AvgIpc) is 2.58. The molecule has 0 saturated heterocycles. The standard InChI is InChI=1S/C14H7F15O4/c15-8(16,5-31-7-3-1-6(30)2-4-7)32-13(26,27)14(28,29)33-12(24,25)10(19,20)9(17,18)11(21,22)23/h1-4,30H,5H2. The van der Waals surface area contributed by atoms with E-state index in [0.717, 1.165) is 24.3 Å². The Bertz CT molecular complexity index is 804. The summed E-state index contributed by atoms with van der Waals surface area (Å²) in [5.41, 5.74) is 0. The zero-order valence-corrected chi connectivity index (χ0v) is 14.9. The van der Waals surface area contributed by atoms with Gasteiger partial charge in [0, 0.05) is 0 Å². The van der Waals surface area contributed by atoms with Crippen molar-refractivity contribution in [2.45, 2.75) is 42.5 Å². The highest BCUT2D eigenvalue weighted by Gasteiger charge is 2.85. The topological polar surface area (TPSA) is 47.9 Å². The number of alkyl halides is 15. The molecule has 0 atom stereocenters. The fourth-order valence-corrected chi connectivity index (χ4v) is 1.63. The number of phenols is 1. The van der Waals surface area contributed by atoms with Gasteiger partial charge in [-0.2, -0.15) is 65.9 Å². The molecule has 0 spiro atoms. The molecule has 1 aromatic carbocycles. The first-order valence-electron chi connectivity index (χ1n) is 7.54. The molecule has 33 heavy (non-hydrogen) atoms. The highest BCUT2D eigenvalue weighted by molar-refractivity contribution is 5.30. The Morgan fingerprint density at radius 2 is 1.00 bits per heavy atom. The molecule has 0 fully saturated rings. The molecule has 1 N–H and O–H groups in total. The second-order valence-corrected chi connectivity index (χ2v) is 5.82. The second kappa shape index (κ2) is 8.48. The van der Waals surface area contributed by atoms with Gasteiger partial charge in [-0.1, -0.05) is 0 Å². The first kappa shape index (κ1) is 28.7. The number of aromatic hydroxyl groups is 1. The Hall–Kier alpha value is -2.31. The van der Waals surface area contributed by atoms with E-state index in [-0.39, 0.29) is 0 Å². The van der Waals surface area contributed by atoms with Gasteiger partial charge in [-0.3, -0.25) is 0 Å². The van der Waals surface area contributed by atoms with Crippen molar-refractivity contribution in [3.63, 3.8) is 0 Å². The van der Waals surface area contributed by atoms with Gasteiger partial charge in [0.2, 0.25) is 0 Å². The summed E-state index contributed by atoms with van der Waals surface area (Å²) in [5.74, 6) is -16.8. The van der Waals surface area contributed by atoms with Gasteiger partial charge < -0.3 is 9.84 Å². The number of rotatable bonds is 10. The van der Waals surface area contributed by atoms with Gasteiger partial charge in [-0.25, -0.2) is 9.47 Å². The summed E-state index contributed by atoms with van der Waals surface area (Å²) < 4.78 is 200. The van der Waals surface area contributed by atoms with E-state index in [1.165, 1.54) is 4.74 Å². The molecule has 0 aliphatic carbocycles. The molecule has 0 amide bonds. The molecule has 0 heterocycles. The Kier molecular flexibility index (Phi) is 7.38. The zero-order chi connectivity index (χ0) is 26.3. The quantitative estimate of drug-likeness (QED) is 0.382. The Morgan fingerprint density at radius 1 is 0.576 bits per heavy atom. The van der Waals surface area contributed by atoms with Crippen LogP contribution >= 0.6 is 0 Å². The van der Waals surface area contributed by atoms with E-state index in [0.29, 0.717) is 0 Å². The molecular weight excluding hydrogens is 517 g/mol. The molecule has 0 radical (unpaired) electrons. The smallest absolute Gasteiger partial charge is 0.460 e. The van der Waals surface area contributed by atoms with Crippen molar-refractivity contribution in [2.75, 3.05) is 6.61 Å². The summed E-state index contributed by atoms with van der Waals surface area (Å²) in [7, 11) is 0. The van der Waals surface area contributed by atoms with Gasteiger partial charge in [-0.05, 0) is 24.3 Å². The summed E-state index contributed by atoms with van der Waals surface area (Å²) >= 11 is 0. The van der Waals surface area contributed by atoms with E-state index in [9.17, 15) is 65.9 Å². The summed E-state index contributed by atoms with van der Waals surface area (Å²) in [6, 6.07) is 3.10. The maximum Gasteiger partial charge on any atom is 0.460 e. The van der Waals surface area contributed by atoms with Crippen LogP contribution in [0.2, 0.25) is 0 Å². The lowest BCUT2D eigenvalue weighted by Crippen LogP contribution is -2.64. The van der Waals surface area contributed by atoms with Gasteiger partial charge in [0.25, 0.3) is 0 Å². The van der Waals surface area contributed by atoms with Gasteiger partial charge >= 0.3 is 42.5 Å². The lowest BCUT2D eigenvalue weighted by molar-refractivity contribution is -0.542. The molecule has 0 unspecified atom stereocenters. The minimum absolute atomic E-state index is 0.442. The van der Waals surface area contributed by atoms with Crippen molar-refractivity contribution < 1.29 is 85.2 Å². The van der Waals surface area contributed by atoms with E-state index >= 15 is 0 Å². The maximum atomic E-state index is 13.4. The molecular formula is C14H7F15O4. The monoisotopic (exact) mass is 524 g/mol. The van der Waals surface area contributed by atoms with Crippen molar-refractivity contribution in [2.24, 2.45) is 0 Å². The largest absolute Gasteiger partial charge is 0.508 e. The number of halogens is 15. The molecule has 192 valence electrons. The number of benzene rings is 1. The van der Waals surface area contributed by atoms with Crippen LogP contribution < -0.4 is 4.74 Å². The molecule has 0 saturated carbocycles. The highest BCUT2D eigenvalue weighted by Crippen LogP contribution is 2.55. The van der Waals surface area contributed by atoms with E-state index in [2.05, 4.69) is 9.47 Å². The third-order valence-corrected chi connectivity index (χ3v) is 3.23. The van der Waals surface area contributed by atoms with E-state index in [1.54, 1.807) is 0 Å². The van der Waals surface area contributed by atoms with Crippen molar-refractivity contribution in [1.29, 1.82) is 0 Å². The van der Waals surface area contributed by atoms with Crippen LogP contribution in [-0.4, -0.2) is 54.2 Å². The Balaban J connectivity index is 3.05. The summed E-state index contributed by atoms with van der Waals surface area (Å²) in [6.45, 7) is -2.37. The fraction of sp³-hybridized carbons (Fsp3) is 0.571. The molecule has 1 aromatic rings. The molecule has 1 rings (SSSR count). The van der Waals surface area contributed by atoms with Crippen LogP contribution in [0.5, 0.6) is 11.5 Å². The van der Waals surface area contributed by atoms with Crippen molar-refractivity contribution >= 4 is 0 Å². The molecule has 19 heteroatoms. The van der Waals surface area contributed by atoms with Crippen LogP contribution in [0.4, 0.5) is 65.9 Å². The molecule has 0 aliphatic rings. The Labute approximate surface area is 171 Å². The van der Waals surface area contributed by atoms with Gasteiger partial charge in [0.05, 0.1) is 0 Å². The zero-order valence-electron chi connectivity index (χ0n) is 14.9. The lowest BCUT2D eigenvalue weighted by Gasteiger charge is -2.36. The SMILES string of the molecule is Oc1ccc(OCC(F)(F)OC(F)(F)C(F)(F)OC(F)(F)C(F)(F)C(F)(F)C(F)(F)F)cc1. The van der Waals surface area contributed by atoms with Crippen LogP contribution in [0.15, 0.2) is 24.3 Å². The van der Waals surface area contributed by atoms with Gasteiger partial charge in [-0.15, -0.1) is 0 Å². The van der Waals surface area contributed by atoms with Crippen molar-refractivity contribution in [1.82, 2.24) is 0 Å². The first-order valence-corrected chi connectivity index (χ1v) is 7.54. The number of hydrogen-bond acceptors (Lipinski definition) is 4. The predicted octanol–water partition coefficient (Wildman–Crippen LogP) is 6.01. The minimum atomic E-state index is -7.91. The fourth-order valence-electron chi connectivity index (χ4n) is 1.63. The molecule has 0 aliphatic heterocycles. The average molecular weight is 524 g/mol. The molecule has 0 bridgehead atoms. The predicted molar refractivity (Wildman–Crippen MR) is 71.5 cm³/mol. The normalized spacial score (nSPS) is 15.0. The number of hydrogen-bond donors (Lipinski definition) is 1. The van der Waals surface area contributed by atoms with Crippen LogP contribution in [-0.2, 0) is 9.47 Å².